The standard InChI is InChI=1S/C38H25NO/c1-3-14-27(15-4-1)35-36-33-21-11-12-22-34(33)40-38(36)32-20-10-9-19-31(32)37(35)39(29-17-5-2-6-18-29)30-24-23-26-13-7-8-16-28(26)25-30/h1-25H. The summed E-state index contributed by atoms with van der Waals surface area (Å²) in [6, 6.07) is 53.7. The van der Waals surface area contributed by atoms with Gasteiger partial charge in [-0.15, -0.1) is 0 Å². The van der Waals surface area contributed by atoms with E-state index in [-0.39, 0.29) is 0 Å². The number of anilines is 3. The highest BCUT2D eigenvalue weighted by Crippen LogP contribution is 2.51. The molecular formula is C38H25NO. The van der Waals surface area contributed by atoms with E-state index < -0.39 is 0 Å². The first-order valence-electron chi connectivity index (χ1n) is 13.6. The second-order valence-corrected chi connectivity index (χ2v) is 10.1. The minimum atomic E-state index is 0.897. The Hall–Kier alpha value is -5.34. The van der Waals surface area contributed by atoms with E-state index in [0.29, 0.717) is 0 Å². The number of fused-ring (bicyclic) bond motifs is 6. The molecule has 0 fully saturated rings. The SMILES string of the molecule is c1ccc(-c2c(N(c3ccccc3)c3ccc4ccccc4c3)c3ccccc3c3oc4ccccc4c23)cc1. The quantitative estimate of drug-likeness (QED) is 0.234. The van der Waals surface area contributed by atoms with Gasteiger partial charge in [-0.05, 0) is 46.7 Å². The van der Waals surface area contributed by atoms with Crippen molar-refractivity contribution in [2.75, 3.05) is 4.90 Å². The molecule has 1 aromatic heterocycles. The molecule has 0 saturated carbocycles. The van der Waals surface area contributed by atoms with Crippen molar-refractivity contribution in [3.05, 3.63) is 152 Å². The lowest BCUT2D eigenvalue weighted by atomic mass is 9.91. The molecule has 0 N–H and O–H groups in total. The number of hydrogen-bond acceptors (Lipinski definition) is 2. The molecule has 1 heterocycles. The Morgan fingerprint density at radius 2 is 1.07 bits per heavy atom. The van der Waals surface area contributed by atoms with E-state index in [9.17, 15) is 0 Å². The summed E-state index contributed by atoms with van der Waals surface area (Å²) in [6.07, 6.45) is 0. The monoisotopic (exact) mass is 511 g/mol. The van der Waals surface area contributed by atoms with Crippen LogP contribution in [0.2, 0.25) is 0 Å². The van der Waals surface area contributed by atoms with E-state index in [1.54, 1.807) is 0 Å². The third-order valence-electron chi connectivity index (χ3n) is 7.80. The molecule has 0 atom stereocenters. The van der Waals surface area contributed by atoms with Crippen LogP contribution in [-0.2, 0) is 0 Å². The Labute approximate surface area is 232 Å². The molecule has 0 aliphatic heterocycles. The van der Waals surface area contributed by atoms with E-state index in [2.05, 4.69) is 150 Å². The van der Waals surface area contributed by atoms with Crippen molar-refractivity contribution < 1.29 is 4.42 Å². The Morgan fingerprint density at radius 3 is 1.88 bits per heavy atom. The second kappa shape index (κ2) is 9.14. The average molecular weight is 512 g/mol. The predicted octanol–water partition coefficient (Wildman–Crippen LogP) is 11.0. The number of nitrogens with zero attached hydrogens (tertiary/aromatic N) is 1. The largest absolute Gasteiger partial charge is 0.455 e. The molecule has 188 valence electrons. The fourth-order valence-electron chi connectivity index (χ4n) is 6.04. The normalized spacial score (nSPS) is 11.5. The van der Waals surface area contributed by atoms with Crippen molar-refractivity contribution in [1.29, 1.82) is 0 Å². The van der Waals surface area contributed by atoms with Gasteiger partial charge in [0.25, 0.3) is 0 Å². The summed E-state index contributed by atoms with van der Waals surface area (Å²) in [7, 11) is 0. The van der Waals surface area contributed by atoms with E-state index in [0.717, 1.165) is 60.9 Å². The number of hydrogen-bond donors (Lipinski definition) is 0. The van der Waals surface area contributed by atoms with Gasteiger partial charge in [0.05, 0.1) is 5.69 Å². The molecule has 0 bridgehead atoms. The van der Waals surface area contributed by atoms with Gasteiger partial charge >= 0.3 is 0 Å². The molecule has 40 heavy (non-hydrogen) atoms. The van der Waals surface area contributed by atoms with Gasteiger partial charge in [-0.3, -0.25) is 0 Å². The van der Waals surface area contributed by atoms with Gasteiger partial charge in [-0.1, -0.05) is 121 Å². The molecule has 0 aliphatic carbocycles. The maximum absolute atomic E-state index is 6.61. The highest BCUT2D eigenvalue weighted by atomic mass is 16.3. The number of benzene rings is 7. The molecule has 0 amide bonds. The van der Waals surface area contributed by atoms with E-state index in [1.165, 1.54) is 10.8 Å². The zero-order chi connectivity index (χ0) is 26.5. The zero-order valence-electron chi connectivity index (χ0n) is 21.8. The van der Waals surface area contributed by atoms with Crippen LogP contribution in [0.15, 0.2) is 156 Å². The van der Waals surface area contributed by atoms with Crippen LogP contribution in [0.5, 0.6) is 0 Å². The number of para-hydroxylation sites is 2. The predicted molar refractivity (Wildman–Crippen MR) is 169 cm³/mol. The Kier molecular flexibility index (Phi) is 5.17. The third-order valence-corrected chi connectivity index (χ3v) is 7.80. The van der Waals surface area contributed by atoms with Crippen molar-refractivity contribution in [3.63, 3.8) is 0 Å². The molecule has 7 aromatic carbocycles. The summed E-state index contributed by atoms with van der Waals surface area (Å²) in [5.41, 5.74) is 7.49. The van der Waals surface area contributed by atoms with Crippen molar-refractivity contribution in [2.45, 2.75) is 0 Å². The first kappa shape index (κ1) is 22.6. The molecule has 0 spiro atoms. The maximum atomic E-state index is 6.61. The van der Waals surface area contributed by atoms with E-state index in [1.807, 2.05) is 6.07 Å². The molecule has 2 nitrogen and oxygen atoms in total. The van der Waals surface area contributed by atoms with Crippen molar-refractivity contribution >= 4 is 60.5 Å². The highest BCUT2D eigenvalue weighted by Gasteiger charge is 2.26. The molecule has 0 saturated heterocycles. The van der Waals surface area contributed by atoms with Crippen LogP contribution in [0.4, 0.5) is 17.1 Å². The van der Waals surface area contributed by atoms with Gasteiger partial charge in [0.2, 0.25) is 0 Å². The molecule has 0 radical (unpaired) electrons. The molecule has 0 unspecified atom stereocenters. The molecule has 8 rings (SSSR count). The lowest BCUT2D eigenvalue weighted by molar-refractivity contribution is 0.673. The minimum absolute atomic E-state index is 0.897. The number of furan rings is 1. The average Bonchev–Trinajstić information content (AvgIpc) is 3.42. The molecule has 8 aromatic rings. The van der Waals surface area contributed by atoms with Crippen LogP contribution < -0.4 is 4.90 Å². The van der Waals surface area contributed by atoms with Gasteiger partial charge in [0, 0.05) is 38.5 Å². The van der Waals surface area contributed by atoms with Gasteiger partial charge in [0.1, 0.15) is 11.2 Å². The van der Waals surface area contributed by atoms with Crippen LogP contribution in [-0.4, -0.2) is 0 Å². The molecule has 2 heteroatoms. The Balaban J connectivity index is 1.59. The summed E-state index contributed by atoms with van der Waals surface area (Å²) in [4.78, 5) is 2.41. The van der Waals surface area contributed by atoms with Crippen LogP contribution in [0, 0.1) is 0 Å². The third kappa shape index (κ3) is 3.50. The minimum Gasteiger partial charge on any atom is -0.455 e. The highest BCUT2D eigenvalue weighted by molar-refractivity contribution is 6.27. The van der Waals surface area contributed by atoms with Gasteiger partial charge < -0.3 is 9.32 Å². The maximum Gasteiger partial charge on any atom is 0.144 e. The Morgan fingerprint density at radius 1 is 0.450 bits per heavy atom. The summed E-state index contributed by atoms with van der Waals surface area (Å²) in [5.74, 6) is 0. The molecule has 0 aliphatic rings. The summed E-state index contributed by atoms with van der Waals surface area (Å²) in [6.45, 7) is 0. The first-order valence-corrected chi connectivity index (χ1v) is 13.6. The fraction of sp³-hybridized carbons (Fsp3) is 0. The smallest absolute Gasteiger partial charge is 0.144 e. The van der Waals surface area contributed by atoms with Crippen molar-refractivity contribution in [2.24, 2.45) is 0 Å². The topological polar surface area (TPSA) is 16.4 Å². The first-order chi connectivity index (χ1) is 19.9. The van der Waals surface area contributed by atoms with Crippen molar-refractivity contribution in [1.82, 2.24) is 0 Å². The van der Waals surface area contributed by atoms with Gasteiger partial charge in [-0.25, -0.2) is 0 Å². The van der Waals surface area contributed by atoms with Crippen LogP contribution >= 0.6 is 0 Å². The van der Waals surface area contributed by atoms with Crippen LogP contribution in [0.1, 0.15) is 0 Å². The lowest BCUT2D eigenvalue weighted by Gasteiger charge is -2.30. The summed E-state index contributed by atoms with van der Waals surface area (Å²) < 4.78 is 6.61. The van der Waals surface area contributed by atoms with Crippen LogP contribution in [0.3, 0.4) is 0 Å². The van der Waals surface area contributed by atoms with Gasteiger partial charge in [0.15, 0.2) is 0 Å². The van der Waals surface area contributed by atoms with Crippen molar-refractivity contribution in [3.8, 4) is 11.1 Å². The zero-order valence-corrected chi connectivity index (χ0v) is 21.8. The molecular weight excluding hydrogens is 486 g/mol. The fourth-order valence-corrected chi connectivity index (χ4v) is 6.04. The lowest BCUT2D eigenvalue weighted by Crippen LogP contribution is -2.12. The summed E-state index contributed by atoms with van der Waals surface area (Å²) >= 11 is 0. The Bertz CT molecular complexity index is 2160. The second-order valence-electron chi connectivity index (χ2n) is 10.1. The number of rotatable bonds is 4. The van der Waals surface area contributed by atoms with E-state index in [4.69, 9.17) is 4.42 Å². The summed E-state index contributed by atoms with van der Waals surface area (Å²) in [5, 5.41) is 6.94. The van der Waals surface area contributed by atoms with E-state index >= 15 is 0 Å². The van der Waals surface area contributed by atoms with Crippen LogP contribution in [0.25, 0.3) is 54.6 Å². The van der Waals surface area contributed by atoms with Gasteiger partial charge in [-0.2, -0.15) is 0 Å².